The molecule has 0 unspecified atom stereocenters. The summed E-state index contributed by atoms with van der Waals surface area (Å²) in [6.07, 6.45) is 3.55. The number of hydrogen-bond donors (Lipinski definition) is 2. The van der Waals surface area contributed by atoms with E-state index in [0.29, 0.717) is 17.9 Å². The molecule has 0 saturated carbocycles. The Labute approximate surface area is 109 Å². The van der Waals surface area contributed by atoms with Crippen molar-refractivity contribution in [2.24, 2.45) is 0 Å². The van der Waals surface area contributed by atoms with Gasteiger partial charge in [-0.2, -0.15) is 15.0 Å². The molecule has 1 aromatic heterocycles. The number of nitrogens with zero attached hydrogens (tertiary/aromatic N) is 3. The van der Waals surface area contributed by atoms with Crippen LogP contribution in [0.2, 0.25) is 0 Å². The fourth-order valence-corrected chi connectivity index (χ4v) is 1.39. The van der Waals surface area contributed by atoms with Crippen molar-refractivity contribution in [1.29, 1.82) is 0 Å². The molecule has 102 valence electrons. The van der Waals surface area contributed by atoms with Crippen molar-refractivity contribution < 1.29 is 4.74 Å². The van der Waals surface area contributed by atoms with Crippen LogP contribution in [0.4, 0.5) is 11.9 Å². The van der Waals surface area contributed by atoms with Gasteiger partial charge in [0.25, 0.3) is 0 Å². The summed E-state index contributed by atoms with van der Waals surface area (Å²) in [5, 5.41) is 6.09. The van der Waals surface area contributed by atoms with Gasteiger partial charge in [0.1, 0.15) is 0 Å². The zero-order valence-corrected chi connectivity index (χ0v) is 11.7. The van der Waals surface area contributed by atoms with Gasteiger partial charge >= 0.3 is 6.01 Å². The highest BCUT2D eigenvalue weighted by Gasteiger charge is 2.07. The molecule has 0 atom stereocenters. The lowest BCUT2D eigenvalue weighted by molar-refractivity contribution is 0.222. The van der Waals surface area contributed by atoms with E-state index in [9.17, 15) is 0 Å². The molecule has 0 saturated heterocycles. The van der Waals surface area contributed by atoms with Crippen LogP contribution in [0.15, 0.2) is 0 Å². The van der Waals surface area contributed by atoms with E-state index in [1.807, 2.05) is 13.8 Å². The first-order valence-corrected chi connectivity index (χ1v) is 6.50. The van der Waals surface area contributed by atoms with E-state index in [-0.39, 0.29) is 6.10 Å². The molecule has 1 rings (SSSR count). The highest BCUT2D eigenvalue weighted by Crippen LogP contribution is 2.12. The van der Waals surface area contributed by atoms with Gasteiger partial charge in [0.2, 0.25) is 11.9 Å². The van der Waals surface area contributed by atoms with Crippen LogP contribution in [0.3, 0.4) is 0 Å². The molecule has 0 aliphatic carbocycles. The number of ether oxygens (including phenoxy) is 1. The third-order valence-corrected chi connectivity index (χ3v) is 2.24. The van der Waals surface area contributed by atoms with Crippen molar-refractivity contribution in [1.82, 2.24) is 15.0 Å². The van der Waals surface area contributed by atoms with Crippen molar-refractivity contribution in [2.75, 3.05) is 24.2 Å². The molecule has 0 radical (unpaired) electrons. The number of unbranched alkanes of at least 4 members (excludes halogenated alkanes) is 2. The lowest BCUT2D eigenvalue weighted by Crippen LogP contribution is -2.13. The van der Waals surface area contributed by atoms with Crippen LogP contribution in [0.5, 0.6) is 6.01 Å². The zero-order chi connectivity index (χ0) is 13.4. The van der Waals surface area contributed by atoms with Crippen molar-refractivity contribution in [3.8, 4) is 6.01 Å². The van der Waals surface area contributed by atoms with Gasteiger partial charge in [-0.3, -0.25) is 0 Å². The molecular weight excluding hydrogens is 230 g/mol. The predicted molar refractivity (Wildman–Crippen MR) is 73.2 cm³/mol. The van der Waals surface area contributed by atoms with E-state index in [1.54, 1.807) is 7.05 Å². The highest BCUT2D eigenvalue weighted by molar-refractivity contribution is 5.35. The minimum atomic E-state index is 0.0463. The smallest absolute Gasteiger partial charge is 0.323 e. The summed E-state index contributed by atoms with van der Waals surface area (Å²) in [7, 11) is 1.77. The van der Waals surface area contributed by atoms with Crippen LogP contribution in [0.1, 0.15) is 40.0 Å². The molecule has 18 heavy (non-hydrogen) atoms. The molecular formula is C12H23N5O. The van der Waals surface area contributed by atoms with Gasteiger partial charge < -0.3 is 15.4 Å². The molecule has 0 aliphatic heterocycles. The summed E-state index contributed by atoms with van der Waals surface area (Å²) >= 11 is 0. The Morgan fingerprint density at radius 1 is 1.11 bits per heavy atom. The Hall–Kier alpha value is -1.59. The third-order valence-electron chi connectivity index (χ3n) is 2.24. The lowest BCUT2D eigenvalue weighted by atomic mass is 10.2. The molecule has 0 fully saturated rings. The second kappa shape index (κ2) is 7.68. The molecule has 0 aromatic carbocycles. The van der Waals surface area contributed by atoms with E-state index < -0.39 is 0 Å². The Kier molecular flexibility index (Phi) is 6.18. The number of rotatable bonds is 8. The van der Waals surface area contributed by atoms with Crippen molar-refractivity contribution in [3.05, 3.63) is 0 Å². The first-order chi connectivity index (χ1) is 8.65. The number of aromatic nitrogens is 3. The average molecular weight is 253 g/mol. The molecule has 2 N–H and O–H groups in total. The zero-order valence-electron chi connectivity index (χ0n) is 11.7. The van der Waals surface area contributed by atoms with E-state index in [0.717, 1.165) is 13.0 Å². The summed E-state index contributed by atoms with van der Waals surface area (Å²) in [5.74, 6) is 1.07. The maximum atomic E-state index is 5.48. The minimum Gasteiger partial charge on any atom is -0.461 e. The molecule has 0 amide bonds. The summed E-state index contributed by atoms with van der Waals surface area (Å²) in [4.78, 5) is 12.6. The predicted octanol–water partition coefficient (Wildman–Crippen LogP) is 2.30. The van der Waals surface area contributed by atoms with Gasteiger partial charge in [0.15, 0.2) is 0 Å². The molecule has 1 heterocycles. The second-order valence-electron chi connectivity index (χ2n) is 4.32. The SMILES string of the molecule is CCCCCNc1nc(NC)nc(OC(C)C)n1. The van der Waals surface area contributed by atoms with Gasteiger partial charge in [-0.15, -0.1) is 0 Å². The fourth-order valence-electron chi connectivity index (χ4n) is 1.39. The first-order valence-electron chi connectivity index (χ1n) is 6.50. The number of anilines is 2. The standard InChI is InChI=1S/C12H23N5O/c1-5-6-7-8-14-11-15-10(13-4)16-12(17-11)18-9(2)3/h9H,5-8H2,1-4H3,(H2,13,14,15,16,17). The monoisotopic (exact) mass is 253 g/mol. The maximum Gasteiger partial charge on any atom is 0.323 e. The topological polar surface area (TPSA) is 72.0 Å². The van der Waals surface area contributed by atoms with E-state index in [4.69, 9.17) is 4.74 Å². The third kappa shape index (κ3) is 5.16. The molecule has 1 aromatic rings. The van der Waals surface area contributed by atoms with E-state index in [1.165, 1.54) is 12.8 Å². The summed E-state index contributed by atoms with van der Waals surface area (Å²) < 4.78 is 5.48. The van der Waals surface area contributed by atoms with Crippen LogP contribution in [-0.4, -0.2) is 34.6 Å². The minimum absolute atomic E-state index is 0.0463. The Morgan fingerprint density at radius 2 is 1.83 bits per heavy atom. The Morgan fingerprint density at radius 3 is 2.44 bits per heavy atom. The summed E-state index contributed by atoms with van der Waals surface area (Å²) in [6, 6.07) is 0.349. The summed E-state index contributed by atoms with van der Waals surface area (Å²) in [6.45, 7) is 6.92. The second-order valence-corrected chi connectivity index (χ2v) is 4.32. The van der Waals surface area contributed by atoms with Gasteiger partial charge in [-0.1, -0.05) is 19.8 Å². The van der Waals surface area contributed by atoms with Crippen LogP contribution < -0.4 is 15.4 Å². The van der Waals surface area contributed by atoms with Crippen molar-refractivity contribution in [2.45, 2.75) is 46.1 Å². The molecule has 0 aliphatic rings. The Bertz CT molecular complexity index is 356. The first kappa shape index (κ1) is 14.5. The van der Waals surface area contributed by atoms with E-state index in [2.05, 4.69) is 32.5 Å². The molecule has 6 nitrogen and oxygen atoms in total. The van der Waals surface area contributed by atoms with Crippen LogP contribution in [0, 0.1) is 0 Å². The van der Waals surface area contributed by atoms with E-state index >= 15 is 0 Å². The highest BCUT2D eigenvalue weighted by atomic mass is 16.5. The summed E-state index contributed by atoms with van der Waals surface area (Å²) in [5.41, 5.74) is 0. The maximum absolute atomic E-state index is 5.48. The van der Waals surface area contributed by atoms with Crippen molar-refractivity contribution in [3.63, 3.8) is 0 Å². The molecule has 0 bridgehead atoms. The van der Waals surface area contributed by atoms with Gasteiger partial charge in [-0.05, 0) is 20.3 Å². The van der Waals surface area contributed by atoms with Gasteiger partial charge in [0.05, 0.1) is 6.10 Å². The fraction of sp³-hybridized carbons (Fsp3) is 0.750. The Balaban J connectivity index is 2.64. The normalized spacial score (nSPS) is 10.5. The van der Waals surface area contributed by atoms with Gasteiger partial charge in [-0.25, -0.2) is 0 Å². The average Bonchev–Trinajstić information content (AvgIpc) is 2.33. The van der Waals surface area contributed by atoms with Crippen LogP contribution in [0.25, 0.3) is 0 Å². The lowest BCUT2D eigenvalue weighted by Gasteiger charge is -2.11. The number of nitrogens with one attached hydrogen (secondary N) is 2. The van der Waals surface area contributed by atoms with Gasteiger partial charge in [0, 0.05) is 13.6 Å². The quantitative estimate of drug-likeness (QED) is 0.693. The number of hydrogen-bond acceptors (Lipinski definition) is 6. The largest absolute Gasteiger partial charge is 0.461 e. The van der Waals surface area contributed by atoms with Crippen LogP contribution >= 0.6 is 0 Å². The molecule has 6 heteroatoms. The van der Waals surface area contributed by atoms with Crippen LogP contribution in [-0.2, 0) is 0 Å². The van der Waals surface area contributed by atoms with Crippen molar-refractivity contribution >= 4 is 11.9 Å². The molecule has 0 spiro atoms.